The summed E-state index contributed by atoms with van der Waals surface area (Å²) >= 11 is 0. The summed E-state index contributed by atoms with van der Waals surface area (Å²) < 4.78 is 5.61. The van der Waals surface area contributed by atoms with Gasteiger partial charge in [0.2, 0.25) is 5.90 Å². The third kappa shape index (κ3) is 6.43. The molecule has 1 unspecified atom stereocenters. The summed E-state index contributed by atoms with van der Waals surface area (Å²) in [5, 5.41) is 28.4. The van der Waals surface area contributed by atoms with Crippen LogP contribution >= 0.6 is 0 Å². The number of aliphatic hydroxyl groups is 2. The number of hydrogen-bond donors (Lipinski definition) is 3. The van der Waals surface area contributed by atoms with Crippen molar-refractivity contribution >= 4 is 11.6 Å². The molecule has 4 N–H and O–H groups in total. The molecule has 0 bridgehead atoms. The van der Waals surface area contributed by atoms with Crippen molar-refractivity contribution in [1.29, 1.82) is 5.26 Å². The predicted octanol–water partition coefficient (Wildman–Crippen LogP) is 2.41. The lowest BCUT2D eigenvalue weighted by Crippen LogP contribution is -2.35. The Balaban J connectivity index is 1.78. The lowest BCUT2D eigenvalue weighted by atomic mass is 9.99. The van der Waals surface area contributed by atoms with Gasteiger partial charge in [0, 0.05) is 25.2 Å². The van der Waals surface area contributed by atoms with E-state index in [1.54, 1.807) is 18.2 Å². The van der Waals surface area contributed by atoms with E-state index in [2.05, 4.69) is 34.7 Å². The quantitative estimate of drug-likeness (QED) is 0.296. The molecular formula is C26H32N4O4. The highest BCUT2D eigenvalue weighted by Crippen LogP contribution is 2.24. The van der Waals surface area contributed by atoms with Gasteiger partial charge in [-0.3, -0.25) is 0 Å². The van der Waals surface area contributed by atoms with Crippen molar-refractivity contribution in [3.05, 3.63) is 70.8 Å². The van der Waals surface area contributed by atoms with Gasteiger partial charge < -0.3 is 24.7 Å². The molecule has 0 amide bonds. The number of nitriles is 1. The maximum atomic E-state index is 9.76. The number of rotatable bonds is 9. The third-order valence-corrected chi connectivity index (χ3v) is 5.77. The van der Waals surface area contributed by atoms with E-state index in [4.69, 9.17) is 20.6 Å². The minimum atomic E-state index is -0.727. The molecule has 2 aromatic carbocycles. The molecule has 0 spiro atoms. The molecule has 1 aliphatic rings. The molecule has 3 rings (SSSR count). The first-order valence-electron chi connectivity index (χ1n) is 11.4. The van der Waals surface area contributed by atoms with Crippen molar-refractivity contribution in [3.8, 4) is 11.8 Å². The van der Waals surface area contributed by atoms with E-state index in [1.807, 2.05) is 13.0 Å². The number of benzene rings is 2. The molecule has 8 nitrogen and oxygen atoms in total. The van der Waals surface area contributed by atoms with Crippen molar-refractivity contribution in [3.63, 3.8) is 0 Å². The largest absolute Gasteiger partial charge is 0.492 e. The monoisotopic (exact) mass is 464 g/mol. The number of ether oxygens (including phenoxy) is 1. The van der Waals surface area contributed by atoms with Gasteiger partial charge in [0.1, 0.15) is 11.8 Å². The molecule has 0 aromatic heterocycles. The summed E-state index contributed by atoms with van der Waals surface area (Å²) in [6.07, 6.45) is 1.80. The Morgan fingerprint density at radius 2 is 1.94 bits per heavy atom. The highest BCUT2D eigenvalue weighted by atomic mass is 16.6. The summed E-state index contributed by atoms with van der Waals surface area (Å²) in [7, 11) is 0. The Labute approximate surface area is 200 Å². The molecule has 0 saturated heterocycles. The molecule has 34 heavy (non-hydrogen) atoms. The van der Waals surface area contributed by atoms with E-state index in [-0.39, 0.29) is 12.5 Å². The Bertz CT molecular complexity index is 1080. The molecular weight excluding hydrogens is 432 g/mol. The molecule has 0 fully saturated rings. The highest BCUT2D eigenvalue weighted by Gasteiger charge is 2.18. The van der Waals surface area contributed by atoms with Crippen LogP contribution in [0.15, 0.2) is 48.0 Å². The molecule has 8 heteroatoms. The van der Waals surface area contributed by atoms with E-state index in [0.717, 1.165) is 37.9 Å². The summed E-state index contributed by atoms with van der Waals surface area (Å²) in [4.78, 5) is 11.7. The Morgan fingerprint density at radius 1 is 1.21 bits per heavy atom. The summed E-state index contributed by atoms with van der Waals surface area (Å²) in [6, 6.07) is 13.4. The second-order valence-electron chi connectivity index (χ2n) is 8.27. The zero-order valence-corrected chi connectivity index (χ0v) is 19.5. The first-order valence-corrected chi connectivity index (χ1v) is 11.4. The van der Waals surface area contributed by atoms with Crippen molar-refractivity contribution < 1.29 is 19.8 Å². The number of fused-ring (bicyclic) bond motifs is 1. The van der Waals surface area contributed by atoms with E-state index in [1.165, 1.54) is 11.1 Å². The Hall–Kier alpha value is -3.22. The van der Waals surface area contributed by atoms with Crippen molar-refractivity contribution in [2.75, 3.05) is 32.8 Å². The van der Waals surface area contributed by atoms with Crippen LogP contribution in [0.4, 0.5) is 0 Å². The van der Waals surface area contributed by atoms with E-state index >= 15 is 0 Å². The van der Waals surface area contributed by atoms with Crippen LogP contribution in [-0.4, -0.2) is 60.0 Å². The zero-order valence-electron chi connectivity index (χ0n) is 19.5. The van der Waals surface area contributed by atoms with Crippen LogP contribution < -0.4 is 10.6 Å². The lowest BCUT2D eigenvalue weighted by Gasteiger charge is -2.21. The van der Waals surface area contributed by atoms with Gasteiger partial charge in [0.05, 0.1) is 30.6 Å². The smallest absolute Gasteiger partial charge is 0.245 e. The Morgan fingerprint density at radius 3 is 2.62 bits per heavy atom. The van der Waals surface area contributed by atoms with E-state index in [0.29, 0.717) is 35.7 Å². The van der Waals surface area contributed by atoms with Gasteiger partial charge in [-0.05, 0) is 60.2 Å². The van der Waals surface area contributed by atoms with Crippen molar-refractivity contribution in [2.24, 2.45) is 10.9 Å². The van der Waals surface area contributed by atoms with Crippen LogP contribution in [-0.2, 0) is 17.7 Å². The third-order valence-electron chi connectivity index (χ3n) is 5.77. The fourth-order valence-electron chi connectivity index (χ4n) is 3.92. The van der Waals surface area contributed by atoms with Crippen LogP contribution in [0.5, 0.6) is 5.75 Å². The maximum Gasteiger partial charge on any atom is 0.245 e. The molecule has 1 aliphatic heterocycles. The first kappa shape index (κ1) is 25.4. The van der Waals surface area contributed by atoms with Crippen LogP contribution in [0.3, 0.4) is 0 Å². The summed E-state index contributed by atoms with van der Waals surface area (Å²) in [5.41, 5.74) is 4.72. The number of nitrogens with two attached hydrogens (primary N) is 1. The first-order chi connectivity index (χ1) is 16.5. The second-order valence-corrected chi connectivity index (χ2v) is 8.27. The van der Waals surface area contributed by atoms with Gasteiger partial charge in [-0.1, -0.05) is 25.6 Å². The highest BCUT2D eigenvalue weighted by molar-refractivity contribution is 5.97. The lowest BCUT2D eigenvalue weighted by molar-refractivity contribution is 0.0605. The standard InChI is InChI=1S/C26H32N4O4/c1-3-12-33-25-7-6-22(14-23(25)15-27)26(34-28)29-18(2)20-5-4-19-8-10-30(16-24(32)17-31)11-9-21(19)13-20/h4-7,13-14,24,31-32H,2-3,8-12,16-17,28H2,1H3/b29-26-. The van der Waals surface area contributed by atoms with Gasteiger partial charge in [-0.2, -0.15) is 11.2 Å². The number of hydrogen-bond acceptors (Lipinski definition) is 8. The minimum absolute atomic E-state index is 0.155. The van der Waals surface area contributed by atoms with Gasteiger partial charge in [-0.25, -0.2) is 4.99 Å². The second kappa shape index (κ2) is 12.3. The molecule has 1 heterocycles. The van der Waals surface area contributed by atoms with Gasteiger partial charge in [0.25, 0.3) is 0 Å². The summed E-state index contributed by atoms with van der Waals surface area (Å²) in [6.45, 7) is 8.46. The number of aliphatic imine (C=N–C) groups is 1. The summed E-state index contributed by atoms with van der Waals surface area (Å²) in [5.74, 6) is 6.17. The number of aliphatic hydroxyl groups excluding tert-OH is 2. The molecule has 180 valence electrons. The normalized spacial score (nSPS) is 15.1. The van der Waals surface area contributed by atoms with Crippen molar-refractivity contribution in [1.82, 2.24) is 4.90 Å². The van der Waals surface area contributed by atoms with Crippen LogP contribution in [0.2, 0.25) is 0 Å². The van der Waals surface area contributed by atoms with Gasteiger partial charge >= 0.3 is 0 Å². The predicted molar refractivity (Wildman–Crippen MR) is 131 cm³/mol. The fourth-order valence-corrected chi connectivity index (χ4v) is 3.92. The number of nitrogens with zero attached hydrogens (tertiary/aromatic N) is 3. The van der Waals surface area contributed by atoms with Crippen LogP contribution in [0.1, 0.15) is 41.2 Å². The average molecular weight is 465 g/mol. The maximum absolute atomic E-state index is 9.76. The topological polar surface area (TPSA) is 124 Å². The van der Waals surface area contributed by atoms with Gasteiger partial charge in [0.15, 0.2) is 0 Å². The number of β-amino-alcohol motifs (C(OH)–C–C–N with tert-alkyl or cyclic N) is 1. The SMILES string of the molecule is C=C(/N=C(\ON)c1ccc(OCCC)c(C#N)c1)c1ccc2c(c1)CCN(CC(O)CO)CC2. The molecule has 0 aliphatic carbocycles. The molecule has 0 saturated carbocycles. The fraction of sp³-hybridized carbons (Fsp3) is 0.385. The van der Waals surface area contributed by atoms with Crippen LogP contribution in [0, 0.1) is 11.3 Å². The molecule has 0 radical (unpaired) electrons. The Kier molecular flexibility index (Phi) is 9.19. The van der Waals surface area contributed by atoms with Gasteiger partial charge in [-0.15, -0.1) is 0 Å². The van der Waals surface area contributed by atoms with Crippen molar-refractivity contribution in [2.45, 2.75) is 32.3 Å². The average Bonchev–Trinajstić information content (AvgIpc) is 3.07. The zero-order chi connectivity index (χ0) is 24.5. The molecule has 2 aromatic rings. The van der Waals surface area contributed by atoms with E-state index < -0.39 is 6.10 Å². The van der Waals surface area contributed by atoms with Crippen LogP contribution in [0.25, 0.3) is 5.70 Å². The molecule has 1 atom stereocenters. The van der Waals surface area contributed by atoms with E-state index in [9.17, 15) is 10.4 Å². The minimum Gasteiger partial charge on any atom is -0.492 e.